The van der Waals surface area contributed by atoms with Gasteiger partial charge in [-0.05, 0) is 0 Å². The van der Waals surface area contributed by atoms with Gasteiger partial charge in [0, 0.05) is 33.8 Å². The zero-order chi connectivity index (χ0) is 15.3. The highest BCUT2D eigenvalue weighted by Gasteiger charge is 2.40. The molecule has 0 amide bonds. The summed E-state index contributed by atoms with van der Waals surface area (Å²) in [4.78, 5) is 11.7. The van der Waals surface area contributed by atoms with Gasteiger partial charge in [-0.2, -0.15) is 0 Å². The van der Waals surface area contributed by atoms with Crippen LogP contribution in [0.3, 0.4) is 0 Å². The molecule has 122 valence electrons. The van der Waals surface area contributed by atoms with Crippen molar-refractivity contribution in [3.05, 3.63) is 0 Å². The van der Waals surface area contributed by atoms with E-state index in [9.17, 15) is 4.79 Å². The molecule has 0 saturated carbocycles. The molecule has 8 nitrogen and oxygen atoms in total. The molecule has 0 aromatic heterocycles. The summed E-state index contributed by atoms with van der Waals surface area (Å²) in [6, 6.07) is 0.478. The van der Waals surface area contributed by atoms with Crippen LogP contribution in [0.1, 0.15) is 6.42 Å². The normalized spacial score (nSPS) is 25.5. The van der Waals surface area contributed by atoms with Crippen LogP contribution in [0.15, 0.2) is 0 Å². The minimum Gasteiger partial charge on any atom is -0.434 e. The molecule has 0 aromatic carbocycles. The second-order valence-electron chi connectivity index (χ2n) is 4.81. The Morgan fingerprint density at radius 1 is 1.19 bits per heavy atom. The molecule has 0 bridgehead atoms. The van der Waals surface area contributed by atoms with Crippen molar-refractivity contribution in [2.75, 3.05) is 41.2 Å². The molecule has 2 fully saturated rings. The quantitative estimate of drug-likeness (QED) is 0.226. The largest absolute Gasteiger partial charge is 0.500 e. The molecule has 2 aliphatic rings. The summed E-state index contributed by atoms with van der Waals surface area (Å²) < 4.78 is 36.9. The van der Waals surface area contributed by atoms with Gasteiger partial charge in [-0.15, -0.1) is 0 Å². The number of rotatable bonds is 11. The van der Waals surface area contributed by atoms with E-state index < -0.39 is 27.2 Å². The summed E-state index contributed by atoms with van der Waals surface area (Å²) >= 11 is 0. The molecule has 0 N–H and O–H groups in total. The van der Waals surface area contributed by atoms with Gasteiger partial charge in [0.15, 0.2) is 6.10 Å². The highest BCUT2D eigenvalue weighted by atomic mass is 28.4. The fraction of sp³-hybridized carbons (Fsp3) is 0.917. The zero-order valence-corrected chi connectivity index (χ0v) is 13.5. The fourth-order valence-corrected chi connectivity index (χ4v) is 3.50. The van der Waals surface area contributed by atoms with Gasteiger partial charge in [0.2, 0.25) is 6.29 Å². The summed E-state index contributed by atoms with van der Waals surface area (Å²) in [6.45, 7) is 1.48. The summed E-state index contributed by atoms with van der Waals surface area (Å²) in [6.07, 6.45) is -0.620. The Kier molecular flexibility index (Phi) is 6.11. The lowest BCUT2D eigenvalue weighted by Gasteiger charge is -2.26. The number of hydrogen-bond donors (Lipinski definition) is 0. The van der Waals surface area contributed by atoms with E-state index in [1.807, 2.05) is 0 Å². The van der Waals surface area contributed by atoms with Crippen LogP contribution in [0.5, 0.6) is 0 Å². The van der Waals surface area contributed by atoms with Crippen LogP contribution < -0.4 is 0 Å². The van der Waals surface area contributed by atoms with E-state index in [1.54, 1.807) is 0 Å². The predicted octanol–water partition coefficient (Wildman–Crippen LogP) is -0.0619. The van der Waals surface area contributed by atoms with E-state index in [1.165, 1.54) is 21.3 Å². The fourth-order valence-electron chi connectivity index (χ4n) is 1.80. The highest BCUT2D eigenvalue weighted by Crippen LogP contribution is 2.21. The number of epoxide rings is 2. The first-order valence-electron chi connectivity index (χ1n) is 6.83. The lowest BCUT2D eigenvalue weighted by atomic mass is 10.4. The second-order valence-corrected chi connectivity index (χ2v) is 7.90. The molecule has 0 aliphatic carbocycles. The molecule has 9 heteroatoms. The molecule has 21 heavy (non-hydrogen) atoms. The maximum Gasteiger partial charge on any atom is 0.500 e. The van der Waals surface area contributed by atoms with Crippen LogP contribution in [-0.4, -0.2) is 74.4 Å². The first kappa shape index (κ1) is 16.8. The second kappa shape index (κ2) is 7.63. The van der Waals surface area contributed by atoms with Crippen molar-refractivity contribution < 1.29 is 37.0 Å². The summed E-state index contributed by atoms with van der Waals surface area (Å²) in [5, 5.41) is 0. The Balaban J connectivity index is 1.82. The standard InChI is InChI=1S/C12H22O8Si/c1-14-21(15-2,16-3)5-4-11(19-7-9-6-17-9)20-12(13)10-8-18-10/h9-11H,4-8H2,1-3H3. The molecule has 2 heterocycles. The number of hydrogen-bond acceptors (Lipinski definition) is 8. The lowest BCUT2D eigenvalue weighted by Crippen LogP contribution is -2.43. The summed E-state index contributed by atoms with van der Waals surface area (Å²) in [5.41, 5.74) is 0. The van der Waals surface area contributed by atoms with Gasteiger partial charge < -0.3 is 32.2 Å². The molecule has 3 unspecified atom stereocenters. The van der Waals surface area contributed by atoms with Crippen molar-refractivity contribution >= 4 is 14.8 Å². The van der Waals surface area contributed by atoms with E-state index in [4.69, 9.17) is 32.2 Å². The Labute approximate surface area is 124 Å². The smallest absolute Gasteiger partial charge is 0.434 e. The summed E-state index contributed by atoms with van der Waals surface area (Å²) in [7, 11) is 1.90. The van der Waals surface area contributed by atoms with E-state index in [-0.39, 0.29) is 6.10 Å². The zero-order valence-electron chi connectivity index (χ0n) is 12.5. The van der Waals surface area contributed by atoms with Crippen molar-refractivity contribution in [2.24, 2.45) is 0 Å². The van der Waals surface area contributed by atoms with Crippen molar-refractivity contribution in [3.63, 3.8) is 0 Å². The third kappa shape index (κ3) is 5.29. The molecule has 2 saturated heterocycles. The third-order valence-corrected chi connectivity index (χ3v) is 6.10. The van der Waals surface area contributed by atoms with Crippen LogP contribution in [0.4, 0.5) is 0 Å². The SMILES string of the molecule is CO[Si](CCC(OCC1CO1)OC(=O)C1CO1)(OC)OC. The number of carbonyl (C=O) groups excluding carboxylic acids is 1. The molecule has 0 radical (unpaired) electrons. The predicted molar refractivity (Wildman–Crippen MR) is 71.5 cm³/mol. The summed E-state index contributed by atoms with van der Waals surface area (Å²) in [5.74, 6) is -0.406. The average molecular weight is 322 g/mol. The van der Waals surface area contributed by atoms with Crippen molar-refractivity contribution in [3.8, 4) is 0 Å². The monoisotopic (exact) mass is 322 g/mol. The third-order valence-electron chi connectivity index (χ3n) is 3.33. The van der Waals surface area contributed by atoms with Gasteiger partial charge in [0.1, 0.15) is 6.10 Å². The van der Waals surface area contributed by atoms with Gasteiger partial charge >= 0.3 is 14.8 Å². The minimum absolute atomic E-state index is 0.0951. The van der Waals surface area contributed by atoms with Crippen molar-refractivity contribution in [2.45, 2.75) is 31.0 Å². The topological polar surface area (TPSA) is 88.3 Å². The van der Waals surface area contributed by atoms with E-state index in [2.05, 4.69) is 0 Å². The van der Waals surface area contributed by atoms with Crippen molar-refractivity contribution in [1.82, 2.24) is 0 Å². The first-order chi connectivity index (χ1) is 10.1. The Morgan fingerprint density at radius 2 is 1.81 bits per heavy atom. The molecular formula is C12H22O8Si. The van der Waals surface area contributed by atoms with Gasteiger partial charge in [-0.3, -0.25) is 0 Å². The molecule has 3 atom stereocenters. The van der Waals surface area contributed by atoms with Gasteiger partial charge in [0.25, 0.3) is 0 Å². The minimum atomic E-state index is -2.72. The van der Waals surface area contributed by atoms with Gasteiger partial charge in [0.05, 0.1) is 19.8 Å². The number of esters is 1. The van der Waals surface area contributed by atoms with Crippen LogP contribution in [0.25, 0.3) is 0 Å². The first-order valence-corrected chi connectivity index (χ1v) is 8.76. The molecule has 0 aromatic rings. The van der Waals surface area contributed by atoms with Crippen molar-refractivity contribution in [1.29, 1.82) is 0 Å². The van der Waals surface area contributed by atoms with E-state index in [0.29, 0.717) is 32.3 Å². The Hall–Kier alpha value is -0.553. The van der Waals surface area contributed by atoms with Crippen LogP contribution in [0, 0.1) is 0 Å². The molecular weight excluding hydrogens is 300 g/mol. The Bertz CT molecular complexity index is 332. The van der Waals surface area contributed by atoms with E-state index in [0.717, 1.165) is 0 Å². The Morgan fingerprint density at radius 3 is 2.29 bits per heavy atom. The van der Waals surface area contributed by atoms with Crippen LogP contribution in [0.2, 0.25) is 6.04 Å². The molecule has 2 aliphatic heterocycles. The maximum absolute atomic E-state index is 11.7. The van der Waals surface area contributed by atoms with Crippen LogP contribution in [-0.2, 0) is 37.0 Å². The van der Waals surface area contributed by atoms with Gasteiger partial charge in [-0.25, -0.2) is 4.79 Å². The average Bonchev–Trinajstić information content (AvgIpc) is 3.39. The lowest BCUT2D eigenvalue weighted by molar-refractivity contribution is -0.181. The number of ether oxygens (including phenoxy) is 4. The van der Waals surface area contributed by atoms with Crippen LogP contribution >= 0.6 is 0 Å². The molecule has 2 rings (SSSR count). The number of carbonyl (C=O) groups is 1. The maximum atomic E-state index is 11.7. The van der Waals surface area contributed by atoms with E-state index >= 15 is 0 Å². The molecule has 0 spiro atoms. The van der Waals surface area contributed by atoms with Gasteiger partial charge in [-0.1, -0.05) is 0 Å². The highest BCUT2D eigenvalue weighted by molar-refractivity contribution is 6.60.